The maximum atomic E-state index is 11.8. The largest absolute Gasteiger partial charge is 0.368 e. The van der Waals surface area contributed by atoms with Crippen molar-refractivity contribution in [3.63, 3.8) is 0 Å². The standard InChI is InChI=1S/C14H18N4O2S/c19-14(9-20-10-3-5-15-6-4-10)16-13-8-11(17-18-13)12-2-1-7-21-12/h1-2,7-8,10,15H,3-6,9H2,(H2,16,17,18,19). The van der Waals surface area contributed by atoms with Gasteiger partial charge in [-0.2, -0.15) is 5.10 Å². The van der Waals surface area contributed by atoms with Gasteiger partial charge in [0.1, 0.15) is 6.61 Å². The van der Waals surface area contributed by atoms with Crippen LogP contribution < -0.4 is 10.6 Å². The molecule has 6 nitrogen and oxygen atoms in total. The Kier molecular flexibility index (Phi) is 4.64. The molecule has 0 atom stereocenters. The molecule has 3 rings (SSSR count). The highest BCUT2D eigenvalue weighted by Gasteiger charge is 2.15. The van der Waals surface area contributed by atoms with Gasteiger partial charge in [0.25, 0.3) is 5.91 Å². The summed E-state index contributed by atoms with van der Waals surface area (Å²) < 4.78 is 5.61. The van der Waals surface area contributed by atoms with Gasteiger partial charge < -0.3 is 15.4 Å². The molecule has 21 heavy (non-hydrogen) atoms. The average Bonchev–Trinajstić information content (AvgIpc) is 3.17. The second-order valence-electron chi connectivity index (χ2n) is 4.95. The number of piperidine rings is 1. The predicted octanol–water partition coefficient (Wildman–Crippen LogP) is 1.85. The Morgan fingerprint density at radius 2 is 2.33 bits per heavy atom. The number of nitrogens with zero attached hydrogens (tertiary/aromatic N) is 1. The zero-order chi connectivity index (χ0) is 14.5. The summed E-state index contributed by atoms with van der Waals surface area (Å²) in [6.45, 7) is 1.98. The summed E-state index contributed by atoms with van der Waals surface area (Å²) in [5, 5.41) is 15.0. The smallest absolute Gasteiger partial charge is 0.251 e. The third kappa shape index (κ3) is 3.90. The Morgan fingerprint density at radius 1 is 1.48 bits per heavy atom. The number of H-pyrrole nitrogens is 1. The first kappa shape index (κ1) is 14.2. The molecule has 0 aliphatic carbocycles. The number of hydrogen-bond acceptors (Lipinski definition) is 5. The van der Waals surface area contributed by atoms with Gasteiger partial charge in [0.2, 0.25) is 0 Å². The van der Waals surface area contributed by atoms with E-state index in [0.29, 0.717) is 5.82 Å². The highest BCUT2D eigenvalue weighted by molar-refractivity contribution is 7.13. The molecular formula is C14H18N4O2S. The van der Waals surface area contributed by atoms with Crippen molar-refractivity contribution < 1.29 is 9.53 Å². The zero-order valence-corrected chi connectivity index (χ0v) is 12.4. The van der Waals surface area contributed by atoms with Crippen molar-refractivity contribution in [3.8, 4) is 10.6 Å². The molecule has 1 aliphatic heterocycles. The molecule has 2 aromatic rings. The van der Waals surface area contributed by atoms with E-state index >= 15 is 0 Å². The molecule has 3 heterocycles. The number of aromatic amines is 1. The number of rotatable bonds is 5. The van der Waals surface area contributed by atoms with Gasteiger partial charge in [-0.3, -0.25) is 9.89 Å². The fourth-order valence-electron chi connectivity index (χ4n) is 2.28. The van der Waals surface area contributed by atoms with Crippen molar-refractivity contribution in [2.75, 3.05) is 25.0 Å². The zero-order valence-electron chi connectivity index (χ0n) is 11.6. The number of hydrogen-bond donors (Lipinski definition) is 3. The number of amides is 1. The lowest BCUT2D eigenvalue weighted by Gasteiger charge is -2.22. The molecular weight excluding hydrogens is 288 g/mol. The van der Waals surface area contributed by atoms with Gasteiger partial charge in [0, 0.05) is 6.07 Å². The first-order chi connectivity index (χ1) is 10.3. The summed E-state index contributed by atoms with van der Waals surface area (Å²) in [5.41, 5.74) is 0.902. The van der Waals surface area contributed by atoms with E-state index in [4.69, 9.17) is 4.74 Å². The lowest BCUT2D eigenvalue weighted by atomic mass is 10.1. The molecule has 1 saturated heterocycles. The average molecular weight is 306 g/mol. The van der Waals surface area contributed by atoms with Crippen molar-refractivity contribution in [3.05, 3.63) is 23.6 Å². The predicted molar refractivity (Wildman–Crippen MR) is 82.4 cm³/mol. The van der Waals surface area contributed by atoms with Crippen LogP contribution in [0.1, 0.15) is 12.8 Å². The van der Waals surface area contributed by atoms with E-state index in [0.717, 1.165) is 36.5 Å². The van der Waals surface area contributed by atoms with Gasteiger partial charge in [-0.05, 0) is 37.4 Å². The quantitative estimate of drug-likeness (QED) is 0.787. The Balaban J connectivity index is 1.48. The van der Waals surface area contributed by atoms with Crippen molar-refractivity contribution in [2.24, 2.45) is 0 Å². The normalized spacial score (nSPS) is 16.0. The lowest BCUT2D eigenvalue weighted by Crippen LogP contribution is -2.34. The monoisotopic (exact) mass is 306 g/mol. The number of thiophene rings is 1. The number of nitrogens with one attached hydrogen (secondary N) is 3. The minimum absolute atomic E-state index is 0.0753. The van der Waals surface area contributed by atoms with Crippen molar-refractivity contribution >= 4 is 23.1 Å². The molecule has 2 aromatic heterocycles. The Labute approximate surface area is 126 Å². The topological polar surface area (TPSA) is 79.0 Å². The SMILES string of the molecule is O=C(COC1CCNCC1)Nc1cc(-c2cccs2)[nH]n1. The molecule has 112 valence electrons. The highest BCUT2D eigenvalue weighted by atomic mass is 32.1. The van der Waals surface area contributed by atoms with Gasteiger partial charge in [0.05, 0.1) is 16.7 Å². The summed E-state index contributed by atoms with van der Waals surface area (Å²) in [4.78, 5) is 12.9. The molecule has 7 heteroatoms. The van der Waals surface area contributed by atoms with Crippen molar-refractivity contribution in [2.45, 2.75) is 18.9 Å². The van der Waals surface area contributed by atoms with Crippen LogP contribution in [0.25, 0.3) is 10.6 Å². The van der Waals surface area contributed by atoms with Crippen LogP contribution in [0.3, 0.4) is 0 Å². The minimum Gasteiger partial charge on any atom is -0.368 e. The molecule has 1 fully saturated rings. The number of ether oxygens (including phenoxy) is 1. The molecule has 3 N–H and O–H groups in total. The van der Waals surface area contributed by atoms with E-state index in [1.807, 2.05) is 23.6 Å². The van der Waals surface area contributed by atoms with Crippen LogP contribution in [0.2, 0.25) is 0 Å². The van der Waals surface area contributed by atoms with E-state index in [9.17, 15) is 4.79 Å². The Hall–Kier alpha value is -1.70. The number of aromatic nitrogens is 2. The molecule has 0 spiro atoms. The Bertz CT molecular complexity index is 576. The third-order valence-corrected chi connectivity index (χ3v) is 4.27. The van der Waals surface area contributed by atoms with E-state index in [1.165, 1.54) is 0 Å². The second-order valence-corrected chi connectivity index (χ2v) is 5.90. The van der Waals surface area contributed by atoms with Crippen LogP contribution in [-0.4, -0.2) is 41.9 Å². The maximum absolute atomic E-state index is 11.8. The summed E-state index contributed by atoms with van der Waals surface area (Å²) in [7, 11) is 0. The summed E-state index contributed by atoms with van der Waals surface area (Å²) in [6, 6.07) is 5.81. The summed E-state index contributed by atoms with van der Waals surface area (Å²) in [6.07, 6.45) is 2.09. The van der Waals surface area contributed by atoms with Crippen LogP contribution in [-0.2, 0) is 9.53 Å². The molecule has 0 aromatic carbocycles. The molecule has 1 aliphatic rings. The van der Waals surface area contributed by atoms with Crippen LogP contribution in [0.5, 0.6) is 0 Å². The molecule has 0 radical (unpaired) electrons. The van der Waals surface area contributed by atoms with Gasteiger partial charge in [-0.1, -0.05) is 6.07 Å². The molecule has 1 amide bonds. The fraction of sp³-hybridized carbons (Fsp3) is 0.429. The first-order valence-electron chi connectivity index (χ1n) is 7.03. The fourth-order valence-corrected chi connectivity index (χ4v) is 2.97. The maximum Gasteiger partial charge on any atom is 0.251 e. The number of anilines is 1. The van der Waals surface area contributed by atoms with E-state index in [-0.39, 0.29) is 18.6 Å². The molecule has 0 bridgehead atoms. The van der Waals surface area contributed by atoms with Crippen molar-refractivity contribution in [1.82, 2.24) is 15.5 Å². The molecule has 0 saturated carbocycles. The second kappa shape index (κ2) is 6.84. The number of carbonyl (C=O) groups is 1. The van der Waals surface area contributed by atoms with E-state index < -0.39 is 0 Å². The number of carbonyl (C=O) groups excluding carboxylic acids is 1. The Morgan fingerprint density at radius 3 is 3.10 bits per heavy atom. The summed E-state index contributed by atoms with van der Waals surface area (Å²) >= 11 is 1.62. The van der Waals surface area contributed by atoms with E-state index in [1.54, 1.807) is 11.3 Å². The van der Waals surface area contributed by atoms with Gasteiger partial charge >= 0.3 is 0 Å². The van der Waals surface area contributed by atoms with Crippen LogP contribution in [0.15, 0.2) is 23.6 Å². The summed E-state index contributed by atoms with van der Waals surface area (Å²) in [5.74, 6) is 0.357. The van der Waals surface area contributed by atoms with Crippen molar-refractivity contribution in [1.29, 1.82) is 0 Å². The first-order valence-corrected chi connectivity index (χ1v) is 7.91. The minimum atomic E-state index is -0.169. The van der Waals surface area contributed by atoms with Gasteiger partial charge in [-0.15, -0.1) is 11.3 Å². The van der Waals surface area contributed by atoms with Gasteiger partial charge in [-0.25, -0.2) is 0 Å². The lowest BCUT2D eigenvalue weighted by molar-refractivity contribution is -0.123. The highest BCUT2D eigenvalue weighted by Crippen LogP contribution is 2.24. The third-order valence-electron chi connectivity index (χ3n) is 3.37. The van der Waals surface area contributed by atoms with E-state index in [2.05, 4.69) is 20.8 Å². The van der Waals surface area contributed by atoms with Crippen LogP contribution in [0, 0.1) is 0 Å². The van der Waals surface area contributed by atoms with Gasteiger partial charge in [0.15, 0.2) is 5.82 Å². The van der Waals surface area contributed by atoms with Crippen LogP contribution >= 0.6 is 11.3 Å². The molecule has 0 unspecified atom stereocenters. The van der Waals surface area contributed by atoms with Crippen LogP contribution in [0.4, 0.5) is 5.82 Å².